The molecule has 37 heavy (non-hydrogen) atoms. The summed E-state index contributed by atoms with van der Waals surface area (Å²) in [7, 11) is 0. The Morgan fingerprint density at radius 3 is 0.595 bits per heavy atom. The van der Waals surface area contributed by atoms with Crippen molar-refractivity contribution in [1.29, 1.82) is 0 Å². The smallest absolute Gasteiger partial charge is 0.0786 e. The van der Waals surface area contributed by atoms with Gasteiger partial charge in [0, 0.05) is 0 Å². The lowest BCUT2D eigenvalue weighted by Crippen LogP contribution is -3.00. The molecule has 2 heteroatoms. The molecule has 0 saturated carbocycles. The molecule has 0 saturated heterocycles. The van der Waals surface area contributed by atoms with Gasteiger partial charge in [0.1, 0.15) is 0 Å². The first-order chi connectivity index (χ1) is 17.7. The van der Waals surface area contributed by atoms with Crippen molar-refractivity contribution >= 4 is 0 Å². The minimum Gasteiger partial charge on any atom is -1.00 e. The topological polar surface area (TPSA) is 0 Å². The molecule has 0 aliphatic rings. The largest absolute Gasteiger partial charge is 1.00 e. The molecule has 0 aromatic carbocycles. The third-order valence-electron chi connectivity index (χ3n) is 8.69. The van der Waals surface area contributed by atoms with E-state index in [2.05, 4.69) is 27.7 Å². The van der Waals surface area contributed by atoms with E-state index < -0.39 is 0 Å². The van der Waals surface area contributed by atoms with Crippen LogP contribution >= 0.6 is 0 Å². The molecule has 0 amide bonds. The maximum atomic E-state index is 2.34. The molecule has 0 N–H and O–H groups in total. The second-order valence-corrected chi connectivity index (χ2v) is 12.4. The van der Waals surface area contributed by atoms with Gasteiger partial charge in [0.25, 0.3) is 0 Å². The molecule has 0 rings (SSSR count). The maximum Gasteiger partial charge on any atom is 0.0786 e. The summed E-state index contributed by atoms with van der Waals surface area (Å²) in [5.74, 6) is 0. The minimum atomic E-state index is 0. The van der Waals surface area contributed by atoms with Gasteiger partial charge >= 0.3 is 0 Å². The highest BCUT2D eigenvalue weighted by atomic mass is 79.9. The molecule has 0 unspecified atom stereocenters. The predicted octanol–water partition coefficient (Wildman–Crippen LogP) is 9.42. The van der Waals surface area contributed by atoms with Crippen molar-refractivity contribution in [3.8, 4) is 0 Å². The molecule has 1 nitrogen and oxygen atoms in total. The molecule has 0 fully saturated rings. The summed E-state index contributed by atoms with van der Waals surface area (Å²) >= 11 is 0. The summed E-state index contributed by atoms with van der Waals surface area (Å²) in [5, 5.41) is 0. The maximum absolute atomic E-state index is 2.34. The molecule has 0 spiro atoms. The first-order valence-electron chi connectivity index (χ1n) is 17.6. The molecule has 0 heterocycles. The van der Waals surface area contributed by atoms with Crippen molar-refractivity contribution in [3.63, 3.8) is 0 Å². The summed E-state index contributed by atoms with van der Waals surface area (Å²) < 4.78 is 1.48. The van der Waals surface area contributed by atoms with E-state index in [1.807, 2.05) is 0 Å². The lowest BCUT2D eigenvalue weighted by atomic mass is 10.0. The van der Waals surface area contributed by atoms with Gasteiger partial charge in [0.15, 0.2) is 0 Å². The van der Waals surface area contributed by atoms with E-state index in [4.69, 9.17) is 0 Å². The molecule has 0 aromatic rings. The van der Waals surface area contributed by atoms with Gasteiger partial charge in [-0.2, -0.15) is 0 Å². The number of rotatable bonds is 31. The number of hydrogen-bond acceptors (Lipinski definition) is 0. The average Bonchev–Trinajstić information content (AvgIpc) is 2.89. The van der Waals surface area contributed by atoms with Gasteiger partial charge in [-0.1, -0.05) is 150 Å². The fourth-order valence-electron chi connectivity index (χ4n) is 6.11. The second kappa shape index (κ2) is 32.7. The van der Waals surface area contributed by atoms with E-state index in [0.717, 1.165) is 0 Å². The average molecular weight is 589 g/mol. The Hall–Kier alpha value is 0.440. The van der Waals surface area contributed by atoms with Crippen LogP contribution in [0.4, 0.5) is 0 Å². The SMILES string of the molecule is CCCCCCCCCCC[N+](CCCCCCCC)(CCCCCCCC)CCCCCCCC.[Br-]. The predicted molar refractivity (Wildman–Crippen MR) is 167 cm³/mol. The Bertz CT molecular complexity index is 356. The van der Waals surface area contributed by atoms with Crippen LogP contribution in [0.25, 0.3) is 0 Å². The summed E-state index contributed by atoms with van der Waals surface area (Å²) in [5.41, 5.74) is 0. The van der Waals surface area contributed by atoms with E-state index in [9.17, 15) is 0 Å². The van der Waals surface area contributed by atoms with Gasteiger partial charge in [0.05, 0.1) is 26.2 Å². The fraction of sp³-hybridized carbons (Fsp3) is 1.00. The summed E-state index contributed by atoms with van der Waals surface area (Å²) in [6.07, 6.45) is 39.3. The molecule has 0 radical (unpaired) electrons. The van der Waals surface area contributed by atoms with Crippen molar-refractivity contribution in [2.24, 2.45) is 0 Å². The Kier molecular flexibility index (Phi) is 34.9. The molecular weight excluding hydrogens is 514 g/mol. The summed E-state index contributed by atoms with van der Waals surface area (Å²) in [6.45, 7) is 15.3. The molecule has 0 aliphatic carbocycles. The molecule has 0 aromatic heterocycles. The van der Waals surface area contributed by atoms with Crippen molar-refractivity contribution in [3.05, 3.63) is 0 Å². The molecule has 0 bridgehead atoms. The zero-order valence-corrected chi connectivity index (χ0v) is 28.3. The van der Waals surface area contributed by atoms with Gasteiger partial charge in [0.2, 0.25) is 0 Å². The molecular formula is C35H74BrN. The standard InChI is InChI=1S/C35H74N.BrH/c1-5-9-13-17-21-22-23-27-31-35-36(32-28-24-18-14-10-6-2,33-29-25-19-15-11-7-3)34-30-26-20-16-12-8-4;/h5-35H2,1-4H3;1H/q+1;/p-1. The van der Waals surface area contributed by atoms with Crippen LogP contribution in [0.15, 0.2) is 0 Å². The second-order valence-electron chi connectivity index (χ2n) is 12.4. The zero-order valence-electron chi connectivity index (χ0n) is 26.7. The van der Waals surface area contributed by atoms with Gasteiger partial charge in [-0.15, -0.1) is 0 Å². The highest BCUT2D eigenvalue weighted by Gasteiger charge is 2.25. The number of quaternary nitrogens is 1. The first-order valence-corrected chi connectivity index (χ1v) is 17.6. The van der Waals surface area contributed by atoms with Crippen LogP contribution < -0.4 is 17.0 Å². The Labute approximate surface area is 248 Å². The third-order valence-corrected chi connectivity index (χ3v) is 8.69. The Morgan fingerprint density at radius 1 is 0.243 bits per heavy atom. The van der Waals surface area contributed by atoms with Crippen LogP contribution in [0.1, 0.15) is 201 Å². The summed E-state index contributed by atoms with van der Waals surface area (Å²) in [6, 6.07) is 0. The van der Waals surface area contributed by atoms with E-state index in [-0.39, 0.29) is 17.0 Å². The van der Waals surface area contributed by atoms with Crippen molar-refractivity contribution in [2.45, 2.75) is 201 Å². The van der Waals surface area contributed by atoms with E-state index in [1.54, 1.807) is 0 Å². The number of nitrogens with zero attached hydrogens (tertiary/aromatic N) is 1. The zero-order chi connectivity index (χ0) is 26.4. The van der Waals surface area contributed by atoms with E-state index in [0.29, 0.717) is 0 Å². The van der Waals surface area contributed by atoms with Crippen LogP contribution in [-0.2, 0) is 0 Å². The lowest BCUT2D eigenvalue weighted by molar-refractivity contribution is -0.929. The van der Waals surface area contributed by atoms with Gasteiger partial charge < -0.3 is 21.5 Å². The fourth-order valence-corrected chi connectivity index (χ4v) is 6.11. The summed E-state index contributed by atoms with van der Waals surface area (Å²) in [4.78, 5) is 0. The van der Waals surface area contributed by atoms with E-state index >= 15 is 0 Å². The van der Waals surface area contributed by atoms with Crippen LogP contribution in [0.2, 0.25) is 0 Å². The first kappa shape index (κ1) is 39.6. The number of halogens is 1. The van der Waals surface area contributed by atoms with Gasteiger partial charge in [-0.3, -0.25) is 0 Å². The number of hydrogen-bond donors (Lipinski definition) is 0. The third kappa shape index (κ3) is 27.8. The highest BCUT2D eigenvalue weighted by molar-refractivity contribution is 4.55. The van der Waals surface area contributed by atoms with E-state index in [1.165, 1.54) is 204 Å². The quantitative estimate of drug-likeness (QED) is 0.0559. The van der Waals surface area contributed by atoms with Gasteiger partial charge in [-0.05, 0) is 51.4 Å². The van der Waals surface area contributed by atoms with Crippen molar-refractivity contribution in [1.82, 2.24) is 0 Å². The van der Waals surface area contributed by atoms with Crippen LogP contribution in [0.5, 0.6) is 0 Å². The minimum absolute atomic E-state index is 0. The van der Waals surface area contributed by atoms with Crippen LogP contribution in [-0.4, -0.2) is 30.7 Å². The van der Waals surface area contributed by atoms with Crippen molar-refractivity contribution in [2.75, 3.05) is 26.2 Å². The lowest BCUT2D eigenvalue weighted by Gasteiger charge is -2.40. The number of unbranched alkanes of at least 4 members (excludes halogenated alkanes) is 23. The molecule has 0 aliphatic heterocycles. The van der Waals surface area contributed by atoms with Crippen molar-refractivity contribution < 1.29 is 21.5 Å². The van der Waals surface area contributed by atoms with Crippen LogP contribution in [0.3, 0.4) is 0 Å². The monoisotopic (exact) mass is 588 g/mol. The highest BCUT2D eigenvalue weighted by Crippen LogP contribution is 2.21. The Morgan fingerprint density at radius 2 is 0.405 bits per heavy atom. The van der Waals surface area contributed by atoms with Crippen LogP contribution in [0, 0.1) is 0 Å². The Balaban J connectivity index is 0. The molecule has 0 atom stereocenters. The van der Waals surface area contributed by atoms with Gasteiger partial charge in [-0.25, -0.2) is 0 Å². The molecule has 226 valence electrons. The normalized spacial score (nSPS) is 11.7.